The van der Waals surface area contributed by atoms with Crippen LogP contribution >= 0.6 is 0 Å². The van der Waals surface area contributed by atoms with Gasteiger partial charge in [-0.25, -0.2) is 4.98 Å². The van der Waals surface area contributed by atoms with E-state index in [1.807, 2.05) is 78.9 Å². The number of aliphatic imine (C=N–C) groups is 2. The van der Waals surface area contributed by atoms with Gasteiger partial charge in [-0.05, 0) is 59.7 Å². The molecule has 252 valence electrons. The van der Waals surface area contributed by atoms with E-state index in [0.717, 1.165) is 22.6 Å². The molecule has 1 aliphatic heterocycles. The van der Waals surface area contributed by atoms with E-state index < -0.39 is 0 Å². The van der Waals surface area contributed by atoms with Crippen LogP contribution in [-0.2, 0) is 27.3 Å². The Hall–Kier alpha value is -4.81. The lowest BCUT2D eigenvalue weighted by Crippen LogP contribution is -2.14. The maximum atomic E-state index is 5.99. The number of para-hydroxylation sites is 4. The summed E-state index contributed by atoms with van der Waals surface area (Å²) in [7, 11) is 3.29. The quantitative estimate of drug-likeness (QED) is 0.279. The van der Waals surface area contributed by atoms with Gasteiger partial charge in [0.25, 0.3) is 0 Å². The molecule has 1 N–H and O–H groups in total. The van der Waals surface area contributed by atoms with Crippen LogP contribution in [0.2, 0.25) is 0 Å². The summed E-state index contributed by atoms with van der Waals surface area (Å²) in [6, 6.07) is 25.1. The van der Waals surface area contributed by atoms with Gasteiger partial charge < -0.3 is 38.5 Å². The van der Waals surface area contributed by atoms with Crippen LogP contribution in [-0.4, -0.2) is 84.5 Å². The van der Waals surface area contributed by atoms with Crippen molar-refractivity contribution in [1.82, 2.24) is 10.3 Å². The minimum Gasteiger partial charge on any atom is -0.497 e. The van der Waals surface area contributed by atoms with Gasteiger partial charge in [0.2, 0.25) is 0 Å². The molecule has 0 fully saturated rings. The molecule has 0 saturated carbocycles. The van der Waals surface area contributed by atoms with E-state index >= 15 is 0 Å². The van der Waals surface area contributed by atoms with E-state index in [2.05, 4.69) is 5.32 Å². The number of fused-ring (bicyclic) bond motifs is 4. The molecule has 0 unspecified atom stereocenters. The average Bonchev–Trinajstić information content (AvgIpc) is 3.12. The Balaban J connectivity index is 1.39. The van der Waals surface area contributed by atoms with Crippen LogP contribution in [0.15, 0.2) is 88.8 Å². The van der Waals surface area contributed by atoms with Gasteiger partial charge in [0.1, 0.15) is 47.6 Å². The van der Waals surface area contributed by atoms with Crippen molar-refractivity contribution in [3.63, 3.8) is 0 Å². The number of methoxy groups -OCH3 is 2. The standard InChI is InChI=1S/C37H42N4O7/c1-42-32-21-29(22-33(23-32)43-2)25-38-24-28-19-30-26-39-34-7-3-5-9-36(34)47-17-15-45-13-11-44-12-14-46-16-18-48-37-10-6-4-8-35(37)40-27-31(20-28)41-30/h3-10,19-23,26-27,38H,11-18,24-25H2,1-2H3. The molecule has 0 saturated heterocycles. The Morgan fingerprint density at radius 2 is 1.00 bits per heavy atom. The number of hydrogen-bond donors (Lipinski definition) is 1. The molecule has 0 amide bonds. The molecule has 11 heteroatoms. The second-order valence-corrected chi connectivity index (χ2v) is 10.6. The Kier molecular flexibility index (Phi) is 13.7. The van der Waals surface area contributed by atoms with Crippen molar-refractivity contribution >= 4 is 23.8 Å². The summed E-state index contributed by atoms with van der Waals surface area (Å²) in [5.74, 6) is 2.80. The highest BCUT2D eigenvalue weighted by atomic mass is 16.6. The van der Waals surface area contributed by atoms with Crippen molar-refractivity contribution < 1.29 is 33.2 Å². The molecule has 1 aromatic heterocycles. The van der Waals surface area contributed by atoms with Crippen molar-refractivity contribution in [1.29, 1.82) is 0 Å². The first-order valence-electron chi connectivity index (χ1n) is 15.9. The zero-order valence-electron chi connectivity index (χ0n) is 27.4. The predicted molar refractivity (Wildman–Crippen MR) is 185 cm³/mol. The Labute approximate surface area is 281 Å². The van der Waals surface area contributed by atoms with Crippen LogP contribution in [0, 0.1) is 0 Å². The molecule has 0 spiro atoms. The van der Waals surface area contributed by atoms with E-state index in [1.165, 1.54) is 0 Å². The van der Waals surface area contributed by atoms with Crippen molar-refractivity contribution in [2.24, 2.45) is 9.98 Å². The Morgan fingerprint density at radius 3 is 1.48 bits per heavy atom. The lowest BCUT2D eigenvalue weighted by atomic mass is 10.1. The Bertz CT molecular complexity index is 1540. The smallest absolute Gasteiger partial charge is 0.145 e. The summed E-state index contributed by atoms with van der Waals surface area (Å²) in [5.41, 5.74) is 4.78. The third kappa shape index (κ3) is 11.2. The van der Waals surface area contributed by atoms with Crippen LogP contribution < -0.4 is 24.3 Å². The van der Waals surface area contributed by atoms with Crippen LogP contribution in [0.5, 0.6) is 23.0 Å². The number of nitrogens with one attached hydrogen (secondary N) is 1. The van der Waals surface area contributed by atoms with Gasteiger partial charge in [-0.15, -0.1) is 0 Å². The topological polar surface area (TPSA) is 114 Å². The van der Waals surface area contributed by atoms with Crippen LogP contribution in [0.3, 0.4) is 0 Å². The molecule has 48 heavy (non-hydrogen) atoms. The van der Waals surface area contributed by atoms with Crippen molar-refractivity contribution in [2.45, 2.75) is 13.1 Å². The minimum atomic E-state index is 0.385. The molecule has 1 aliphatic rings. The van der Waals surface area contributed by atoms with Gasteiger partial charge >= 0.3 is 0 Å². The van der Waals surface area contributed by atoms with Crippen molar-refractivity contribution in [3.8, 4) is 23.0 Å². The molecule has 4 aromatic rings. The molecule has 5 rings (SSSR count). The summed E-state index contributed by atoms with van der Waals surface area (Å²) in [6.45, 7) is 4.71. The second kappa shape index (κ2) is 19.1. The summed E-state index contributed by atoms with van der Waals surface area (Å²) < 4.78 is 39.7. The number of benzene rings is 3. The molecule has 2 bridgehead atoms. The molecule has 0 atom stereocenters. The van der Waals surface area contributed by atoms with Crippen molar-refractivity contribution in [2.75, 3.05) is 67.1 Å². The Morgan fingerprint density at radius 1 is 0.562 bits per heavy atom. The molecule has 2 heterocycles. The third-order valence-electron chi connectivity index (χ3n) is 7.11. The van der Waals surface area contributed by atoms with Gasteiger partial charge in [0.05, 0.1) is 77.7 Å². The van der Waals surface area contributed by atoms with Gasteiger partial charge in [-0.1, -0.05) is 24.3 Å². The van der Waals surface area contributed by atoms with Crippen LogP contribution in [0.1, 0.15) is 22.5 Å². The highest BCUT2D eigenvalue weighted by molar-refractivity contribution is 5.85. The largest absolute Gasteiger partial charge is 0.497 e. The van der Waals surface area contributed by atoms with Gasteiger partial charge in [0.15, 0.2) is 0 Å². The number of aromatic nitrogens is 1. The molecule has 0 radical (unpaired) electrons. The van der Waals surface area contributed by atoms with Gasteiger partial charge in [-0.3, -0.25) is 9.98 Å². The summed E-state index contributed by atoms with van der Waals surface area (Å²) >= 11 is 0. The molecule has 11 nitrogen and oxygen atoms in total. The zero-order chi connectivity index (χ0) is 33.2. The van der Waals surface area contributed by atoms with E-state index in [0.29, 0.717) is 100 Å². The maximum absolute atomic E-state index is 5.99. The fourth-order valence-electron chi connectivity index (χ4n) is 4.80. The highest BCUT2D eigenvalue weighted by Crippen LogP contribution is 2.28. The second-order valence-electron chi connectivity index (χ2n) is 10.6. The monoisotopic (exact) mass is 654 g/mol. The summed E-state index contributed by atoms with van der Waals surface area (Å²) in [6.07, 6.45) is 3.47. The maximum Gasteiger partial charge on any atom is 0.145 e. The van der Waals surface area contributed by atoms with Crippen LogP contribution in [0.4, 0.5) is 11.4 Å². The number of rotatable bonds is 6. The lowest BCUT2D eigenvalue weighted by molar-refractivity contribution is 0.00504. The van der Waals surface area contributed by atoms with Crippen molar-refractivity contribution in [3.05, 3.63) is 101 Å². The number of pyridine rings is 1. The fourth-order valence-corrected chi connectivity index (χ4v) is 4.80. The van der Waals surface area contributed by atoms with E-state index in [4.69, 9.17) is 48.1 Å². The van der Waals surface area contributed by atoms with E-state index in [9.17, 15) is 0 Å². The zero-order valence-corrected chi connectivity index (χ0v) is 27.4. The first kappa shape index (κ1) is 34.5. The van der Waals surface area contributed by atoms with Crippen LogP contribution in [0.25, 0.3) is 0 Å². The molecular weight excluding hydrogens is 612 g/mol. The van der Waals surface area contributed by atoms with Gasteiger partial charge in [0, 0.05) is 19.2 Å². The average molecular weight is 655 g/mol. The summed E-state index contributed by atoms with van der Waals surface area (Å²) in [5, 5.41) is 3.52. The number of ether oxygens (including phenoxy) is 7. The lowest BCUT2D eigenvalue weighted by Gasteiger charge is -2.11. The highest BCUT2D eigenvalue weighted by Gasteiger charge is 2.07. The number of nitrogens with zero attached hydrogens (tertiary/aromatic N) is 3. The van der Waals surface area contributed by atoms with E-state index in [1.54, 1.807) is 26.6 Å². The predicted octanol–water partition coefficient (Wildman–Crippen LogP) is 5.71. The molecule has 0 aliphatic carbocycles. The first-order valence-corrected chi connectivity index (χ1v) is 15.9. The molecular formula is C37H42N4O7. The molecule has 3 aromatic carbocycles. The minimum absolute atomic E-state index is 0.385. The van der Waals surface area contributed by atoms with Gasteiger partial charge in [-0.2, -0.15) is 0 Å². The first-order chi connectivity index (χ1) is 23.7. The summed E-state index contributed by atoms with van der Waals surface area (Å²) in [4.78, 5) is 14.3. The fraction of sp³-hybridized carbons (Fsp3) is 0.324. The number of hydrogen-bond acceptors (Lipinski definition) is 11. The van der Waals surface area contributed by atoms with E-state index in [-0.39, 0.29) is 0 Å². The normalized spacial score (nSPS) is 14.8. The third-order valence-corrected chi connectivity index (χ3v) is 7.11. The SMILES string of the molecule is COc1cc(CNCc2cc3nc(c2)C=Nc2ccccc2OCCOCCOCCOCCOc2ccccc2N=C3)cc(OC)c1.